The smallest absolute Gasteiger partial charge is 0.330 e. The van der Waals surface area contributed by atoms with Crippen molar-refractivity contribution in [1.29, 1.82) is 0 Å². The van der Waals surface area contributed by atoms with Gasteiger partial charge in [-0.2, -0.15) is 0 Å². The molecule has 3 heteroatoms. The van der Waals surface area contributed by atoms with Crippen LogP contribution in [0.1, 0.15) is 25.3 Å². The first-order chi connectivity index (χ1) is 8.47. The van der Waals surface area contributed by atoms with Crippen LogP contribution in [0.4, 0.5) is 0 Å². The summed E-state index contributed by atoms with van der Waals surface area (Å²) in [5.74, 6) is -0.883. The number of aliphatic carboxylic acids is 1. The summed E-state index contributed by atoms with van der Waals surface area (Å²) in [6.45, 7) is 6.30. The molecule has 3 nitrogen and oxygen atoms in total. The third kappa shape index (κ3) is 8.53. The van der Waals surface area contributed by atoms with Gasteiger partial charge in [0.25, 0.3) is 0 Å². The zero-order chi connectivity index (χ0) is 14.0. The second kappa shape index (κ2) is 9.42. The molecular weight excluding hydrogens is 226 g/mol. The fraction of sp³-hybridized carbons (Fsp3) is 0.400. The maximum Gasteiger partial charge on any atom is 0.330 e. The van der Waals surface area contributed by atoms with E-state index in [1.165, 1.54) is 5.56 Å². The molecule has 0 aliphatic carbocycles. The molecule has 1 rings (SSSR count). The predicted molar refractivity (Wildman–Crippen MR) is 75.5 cm³/mol. The Hall–Kier alpha value is -1.61. The quantitative estimate of drug-likeness (QED) is 0.815. The first-order valence-electron chi connectivity index (χ1n) is 6.07. The number of benzene rings is 1. The summed E-state index contributed by atoms with van der Waals surface area (Å²) in [4.78, 5) is 12.2. The highest BCUT2D eigenvalue weighted by Gasteiger charge is 1.99. The molecule has 1 aromatic rings. The SMILES string of the molecule is C=C(CCC)C(=O)O.CN(C)Cc1ccccc1. The molecule has 0 aliphatic heterocycles. The maximum atomic E-state index is 9.99. The summed E-state index contributed by atoms with van der Waals surface area (Å²) >= 11 is 0. The molecule has 0 atom stereocenters. The van der Waals surface area contributed by atoms with E-state index < -0.39 is 5.97 Å². The van der Waals surface area contributed by atoms with Gasteiger partial charge in [-0.3, -0.25) is 0 Å². The average Bonchev–Trinajstić information content (AvgIpc) is 2.30. The predicted octanol–water partition coefficient (Wildman–Crippen LogP) is 3.18. The highest BCUT2D eigenvalue weighted by molar-refractivity contribution is 5.85. The van der Waals surface area contributed by atoms with E-state index in [4.69, 9.17) is 5.11 Å². The van der Waals surface area contributed by atoms with Crippen molar-refractivity contribution in [3.05, 3.63) is 48.0 Å². The van der Waals surface area contributed by atoms with Crippen LogP contribution in [0.3, 0.4) is 0 Å². The first-order valence-corrected chi connectivity index (χ1v) is 6.07. The third-order valence-corrected chi connectivity index (χ3v) is 2.20. The molecule has 0 aromatic heterocycles. The number of nitrogens with zero attached hydrogens (tertiary/aromatic N) is 1. The van der Waals surface area contributed by atoms with E-state index >= 15 is 0 Å². The van der Waals surface area contributed by atoms with E-state index in [1.54, 1.807) is 0 Å². The second-order valence-electron chi connectivity index (χ2n) is 4.38. The summed E-state index contributed by atoms with van der Waals surface area (Å²) in [5, 5.41) is 8.21. The van der Waals surface area contributed by atoms with Crippen LogP contribution in [0, 0.1) is 0 Å². The molecule has 0 saturated carbocycles. The van der Waals surface area contributed by atoms with Crippen LogP contribution in [0.25, 0.3) is 0 Å². The van der Waals surface area contributed by atoms with Crippen molar-refractivity contribution < 1.29 is 9.90 Å². The highest BCUT2D eigenvalue weighted by Crippen LogP contribution is 2.00. The molecule has 0 unspecified atom stereocenters. The van der Waals surface area contributed by atoms with Gasteiger partial charge in [-0.15, -0.1) is 0 Å². The van der Waals surface area contributed by atoms with Crippen molar-refractivity contribution in [2.24, 2.45) is 0 Å². The van der Waals surface area contributed by atoms with Crippen molar-refractivity contribution in [3.8, 4) is 0 Å². The fourth-order valence-electron chi connectivity index (χ4n) is 1.36. The highest BCUT2D eigenvalue weighted by atomic mass is 16.4. The number of carbonyl (C=O) groups is 1. The molecule has 0 bridgehead atoms. The molecule has 0 amide bonds. The number of hydrogen-bond donors (Lipinski definition) is 1. The van der Waals surface area contributed by atoms with E-state index in [9.17, 15) is 4.79 Å². The van der Waals surface area contributed by atoms with Crippen LogP contribution < -0.4 is 0 Å². The first kappa shape index (κ1) is 16.4. The normalized spacial score (nSPS) is 9.56. The van der Waals surface area contributed by atoms with Crippen LogP contribution in [-0.2, 0) is 11.3 Å². The van der Waals surface area contributed by atoms with Gasteiger partial charge in [0, 0.05) is 12.1 Å². The van der Waals surface area contributed by atoms with E-state index in [-0.39, 0.29) is 0 Å². The minimum atomic E-state index is -0.883. The Morgan fingerprint density at radius 2 is 1.83 bits per heavy atom. The van der Waals surface area contributed by atoms with Crippen molar-refractivity contribution in [2.45, 2.75) is 26.3 Å². The molecule has 0 heterocycles. The van der Waals surface area contributed by atoms with Crippen LogP contribution >= 0.6 is 0 Å². The zero-order valence-electron chi connectivity index (χ0n) is 11.5. The van der Waals surface area contributed by atoms with Crippen LogP contribution in [0.2, 0.25) is 0 Å². The van der Waals surface area contributed by atoms with Gasteiger partial charge >= 0.3 is 5.97 Å². The fourth-order valence-corrected chi connectivity index (χ4v) is 1.36. The third-order valence-electron chi connectivity index (χ3n) is 2.20. The van der Waals surface area contributed by atoms with Crippen LogP contribution in [-0.4, -0.2) is 30.1 Å². The zero-order valence-corrected chi connectivity index (χ0v) is 11.5. The van der Waals surface area contributed by atoms with E-state index in [2.05, 4.69) is 49.8 Å². The summed E-state index contributed by atoms with van der Waals surface area (Å²) in [7, 11) is 4.15. The molecule has 0 fully saturated rings. The molecule has 100 valence electrons. The monoisotopic (exact) mass is 249 g/mol. The molecule has 18 heavy (non-hydrogen) atoms. The number of carboxylic acid groups (broad SMARTS) is 1. The second-order valence-corrected chi connectivity index (χ2v) is 4.38. The van der Waals surface area contributed by atoms with Crippen LogP contribution in [0.15, 0.2) is 42.5 Å². The Morgan fingerprint density at radius 1 is 1.28 bits per heavy atom. The largest absolute Gasteiger partial charge is 0.478 e. The van der Waals surface area contributed by atoms with Gasteiger partial charge in [0.1, 0.15) is 0 Å². The lowest BCUT2D eigenvalue weighted by molar-refractivity contribution is -0.132. The van der Waals surface area contributed by atoms with Gasteiger partial charge in [-0.05, 0) is 26.1 Å². The van der Waals surface area contributed by atoms with Crippen molar-refractivity contribution in [3.63, 3.8) is 0 Å². The summed E-state index contributed by atoms with van der Waals surface area (Å²) in [5.41, 5.74) is 1.67. The van der Waals surface area contributed by atoms with Gasteiger partial charge in [-0.1, -0.05) is 50.3 Å². The Balaban J connectivity index is 0.000000331. The summed E-state index contributed by atoms with van der Waals surface area (Å²) < 4.78 is 0. The Morgan fingerprint density at radius 3 is 2.17 bits per heavy atom. The van der Waals surface area contributed by atoms with Crippen molar-refractivity contribution >= 4 is 5.97 Å². The van der Waals surface area contributed by atoms with E-state index in [0.29, 0.717) is 12.0 Å². The average molecular weight is 249 g/mol. The lowest BCUT2D eigenvalue weighted by atomic mass is 10.2. The number of rotatable bonds is 5. The molecule has 1 aromatic carbocycles. The van der Waals surface area contributed by atoms with E-state index in [1.807, 2.05) is 13.0 Å². The van der Waals surface area contributed by atoms with Gasteiger partial charge in [0.2, 0.25) is 0 Å². The molecular formula is C15H23NO2. The number of hydrogen-bond acceptors (Lipinski definition) is 2. The lowest BCUT2D eigenvalue weighted by Crippen LogP contribution is -2.10. The summed E-state index contributed by atoms with van der Waals surface area (Å²) in [6.07, 6.45) is 1.44. The Kier molecular flexibility index (Phi) is 8.58. The maximum absolute atomic E-state index is 9.99. The molecule has 1 N–H and O–H groups in total. The molecule has 0 saturated heterocycles. The van der Waals surface area contributed by atoms with Crippen molar-refractivity contribution in [1.82, 2.24) is 4.90 Å². The van der Waals surface area contributed by atoms with Gasteiger partial charge in [-0.25, -0.2) is 4.79 Å². The van der Waals surface area contributed by atoms with Gasteiger partial charge in [0.05, 0.1) is 0 Å². The molecule has 0 spiro atoms. The summed E-state index contributed by atoms with van der Waals surface area (Å²) in [6, 6.07) is 10.5. The van der Waals surface area contributed by atoms with Crippen LogP contribution in [0.5, 0.6) is 0 Å². The topological polar surface area (TPSA) is 40.5 Å². The standard InChI is InChI=1S/C9H13N.C6H10O2/c1-10(2)8-9-6-4-3-5-7-9;1-3-4-5(2)6(7)8/h3-7H,8H2,1-2H3;2-4H2,1H3,(H,7,8). The molecule has 0 aliphatic rings. The van der Waals surface area contributed by atoms with Crippen molar-refractivity contribution in [2.75, 3.05) is 14.1 Å². The van der Waals surface area contributed by atoms with E-state index in [0.717, 1.165) is 13.0 Å². The van der Waals surface area contributed by atoms with Gasteiger partial charge in [0.15, 0.2) is 0 Å². The van der Waals surface area contributed by atoms with Gasteiger partial charge < -0.3 is 10.0 Å². The lowest BCUT2D eigenvalue weighted by Gasteiger charge is -2.08. The minimum Gasteiger partial charge on any atom is -0.478 e. The Labute approximate surface area is 110 Å². The number of carboxylic acids is 1. The minimum absolute atomic E-state index is 0.299. The Bertz CT molecular complexity index is 358. The molecule has 0 radical (unpaired) electrons.